The summed E-state index contributed by atoms with van der Waals surface area (Å²) in [5.74, 6) is 2.17. The standard InChI is InChI=1S/C24H32N4O3/c1-16-25-15-21(24(30)28(2)3)23(27-16)19-9-5-18(6-10-19)14-26-22(29)13-17-7-11-20(31-4)12-8-17/h7-8,11-12,15,18-19H,5-6,9-10,13-14H2,1-4H3,(H,26,29). The molecule has 0 aliphatic heterocycles. The summed E-state index contributed by atoms with van der Waals surface area (Å²) >= 11 is 0. The third-order valence-electron chi connectivity index (χ3n) is 5.92. The number of benzene rings is 1. The number of rotatable bonds is 7. The Kier molecular flexibility index (Phi) is 7.60. The zero-order valence-electron chi connectivity index (χ0n) is 18.9. The number of hydrogen-bond donors (Lipinski definition) is 1. The number of aromatic nitrogens is 2. The fraction of sp³-hybridized carbons (Fsp3) is 0.500. The minimum atomic E-state index is -0.0529. The molecule has 0 atom stereocenters. The molecule has 166 valence electrons. The number of methoxy groups -OCH3 is 1. The molecule has 1 aromatic heterocycles. The van der Waals surface area contributed by atoms with E-state index in [1.807, 2.05) is 31.2 Å². The Bertz CT molecular complexity index is 904. The van der Waals surface area contributed by atoms with Crippen LogP contribution >= 0.6 is 0 Å². The van der Waals surface area contributed by atoms with Gasteiger partial charge in [0.25, 0.3) is 5.91 Å². The first-order chi connectivity index (χ1) is 14.9. The van der Waals surface area contributed by atoms with E-state index in [0.29, 0.717) is 30.3 Å². The van der Waals surface area contributed by atoms with Crippen LogP contribution in [-0.4, -0.2) is 54.4 Å². The molecule has 1 aliphatic carbocycles. The first-order valence-electron chi connectivity index (χ1n) is 10.8. The minimum absolute atomic E-state index is 0.0394. The highest BCUT2D eigenvalue weighted by molar-refractivity contribution is 5.94. The molecule has 1 aromatic carbocycles. The molecule has 1 N–H and O–H groups in total. The Morgan fingerprint density at radius 1 is 1.13 bits per heavy atom. The summed E-state index contributed by atoms with van der Waals surface area (Å²) in [6, 6.07) is 7.57. The van der Waals surface area contributed by atoms with Gasteiger partial charge >= 0.3 is 0 Å². The van der Waals surface area contributed by atoms with E-state index in [1.54, 1.807) is 32.3 Å². The summed E-state index contributed by atoms with van der Waals surface area (Å²) in [4.78, 5) is 35.3. The molecule has 0 radical (unpaired) electrons. The maximum absolute atomic E-state index is 12.5. The normalized spacial score (nSPS) is 18.3. The van der Waals surface area contributed by atoms with Crippen molar-refractivity contribution in [3.05, 3.63) is 53.1 Å². The molecule has 31 heavy (non-hydrogen) atoms. The topological polar surface area (TPSA) is 84.4 Å². The van der Waals surface area contributed by atoms with Crippen LogP contribution in [0.2, 0.25) is 0 Å². The van der Waals surface area contributed by atoms with Crippen LogP contribution in [0.1, 0.15) is 59.0 Å². The average molecular weight is 425 g/mol. The van der Waals surface area contributed by atoms with Crippen molar-refractivity contribution in [3.8, 4) is 5.75 Å². The van der Waals surface area contributed by atoms with E-state index in [4.69, 9.17) is 4.74 Å². The van der Waals surface area contributed by atoms with Crippen molar-refractivity contribution in [2.75, 3.05) is 27.7 Å². The highest BCUT2D eigenvalue weighted by Gasteiger charge is 2.28. The van der Waals surface area contributed by atoms with Gasteiger partial charge in [-0.1, -0.05) is 12.1 Å². The van der Waals surface area contributed by atoms with Gasteiger partial charge in [0, 0.05) is 32.8 Å². The molecule has 3 rings (SSSR count). The molecule has 1 heterocycles. The van der Waals surface area contributed by atoms with Gasteiger partial charge in [-0.15, -0.1) is 0 Å². The lowest BCUT2D eigenvalue weighted by Gasteiger charge is -2.29. The first kappa shape index (κ1) is 22.7. The number of carbonyl (C=O) groups is 2. The summed E-state index contributed by atoms with van der Waals surface area (Å²) < 4.78 is 5.15. The van der Waals surface area contributed by atoms with Crippen LogP contribution in [0.25, 0.3) is 0 Å². The fourth-order valence-corrected chi connectivity index (χ4v) is 4.09. The highest BCUT2D eigenvalue weighted by atomic mass is 16.5. The second kappa shape index (κ2) is 10.4. The molecule has 0 bridgehead atoms. The van der Waals surface area contributed by atoms with Gasteiger partial charge in [0.15, 0.2) is 0 Å². The third-order valence-corrected chi connectivity index (χ3v) is 5.92. The molecule has 0 saturated heterocycles. The number of hydrogen-bond acceptors (Lipinski definition) is 5. The van der Waals surface area contributed by atoms with Crippen molar-refractivity contribution in [2.24, 2.45) is 5.92 Å². The van der Waals surface area contributed by atoms with Crippen LogP contribution in [0.15, 0.2) is 30.5 Å². The van der Waals surface area contributed by atoms with E-state index in [0.717, 1.165) is 42.7 Å². The molecule has 2 aromatic rings. The molecule has 7 nitrogen and oxygen atoms in total. The number of amides is 2. The molecule has 2 amide bonds. The SMILES string of the molecule is COc1ccc(CC(=O)NCC2CCC(c3nc(C)ncc3C(=O)N(C)C)CC2)cc1. The molecular weight excluding hydrogens is 392 g/mol. The summed E-state index contributed by atoms with van der Waals surface area (Å²) in [7, 11) is 5.12. The van der Waals surface area contributed by atoms with Gasteiger partial charge in [0.1, 0.15) is 11.6 Å². The lowest BCUT2D eigenvalue weighted by atomic mass is 9.79. The van der Waals surface area contributed by atoms with Gasteiger partial charge < -0.3 is 15.0 Å². The Morgan fingerprint density at radius 3 is 2.42 bits per heavy atom. The third kappa shape index (κ3) is 6.03. The van der Waals surface area contributed by atoms with Gasteiger partial charge in [-0.2, -0.15) is 0 Å². The zero-order valence-corrected chi connectivity index (χ0v) is 18.9. The van der Waals surface area contributed by atoms with Crippen LogP contribution in [-0.2, 0) is 11.2 Å². The lowest BCUT2D eigenvalue weighted by Crippen LogP contribution is -2.32. The van der Waals surface area contributed by atoms with Crippen LogP contribution in [0.4, 0.5) is 0 Å². The monoisotopic (exact) mass is 424 g/mol. The Hall–Kier alpha value is -2.96. The van der Waals surface area contributed by atoms with Crippen molar-refractivity contribution in [3.63, 3.8) is 0 Å². The Balaban J connectivity index is 1.51. The second-order valence-corrected chi connectivity index (χ2v) is 8.46. The summed E-state index contributed by atoms with van der Waals surface area (Å²) in [5.41, 5.74) is 2.44. The maximum atomic E-state index is 12.5. The lowest BCUT2D eigenvalue weighted by molar-refractivity contribution is -0.120. The van der Waals surface area contributed by atoms with Gasteiger partial charge in [-0.3, -0.25) is 9.59 Å². The van der Waals surface area contributed by atoms with Crippen molar-refractivity contribution in [1.29, 1.82) is 0 Å². The van der Waals surface area contributed by atoms with Crippen LogP contribution in [0.3, 0.4) is 0 Å². The minimum Gasteiger partial charge on any atom is -0.497 e. The zero-order chi connectivity index (χ0) is 22.4. The molecule has 1 saturated carbocycles. The number of nitrogens with one attached hydrogen (secondary N) is 1. The van der Waals surface area contributed by atoms with E-state index in [2.05, 4.69) is 15.3 Å². The van der Waals surface area contributed by atoms with Crippen molar-refractivity contribution < 1.29 is 14.3 Å². The largest absolute Gasteiger partial charge is 0.497 e. The summed E-state index contributed by atoms with van der Waals surface area (Å²) in [6.45, 7) is 2.55. The second-order valence-electron chi connectivity index (χ2n) is 8.46. The van der Waals surface area contributed by atoms with Gasteiger partial charge in [0.2, 0.25) is 5.91 Å². The molecule has 0 unspecified atom stereocenters. The highest BCUT2D eigenvalue weighted by Crippen LogP contribution is 2.36. The predicted octanol–water partition coefficient (Wildman–Crippen LogP) is 3.13. The Labute approximate surface area is 184 Å². The number of carbonyl (C=O) groups excluding carboxylic acids is 2. The fourth-order valence-electron chi connectivity index (χ4n) is 4.09. The van der Waals surface area contributed by atoms with E-state index in [1.165, 1.54) is 0 Å². The predicted molar refractivity (Wildman–Crippen MR) is 119 cm³/mol. The summed E-state index contributed by atoms with van der Waals surface area (Å²) in [5, 5.41) is 3.08. The van der Waals surface area contributed by atoms with E-state index in [9.17, 15) is 9.59 Å². The molecule has 0 spiro atoms. The molecule has 7 heteroatoms. The van der Waals surface area contributed by atoms with E-state index < -0.39 is 0 Å². The average Bonchev–Trinajstić information content (AvgIpc) is 2.78. The smallest absolute Gasteiger partial charge is 0.256 e. The molecule has 1 aliphatic rings. The van der Waals surface area contributed by atoms with Crippen molar-refractivity contribution >= 4 is 11.8 Å². The molecular formula is C24H32N4O3. The number of ether oxygens (including phenoxy) is 1. The van der Waals surface area contributed by atoms with E-state index >= 15 is 0 Å². The van der Waals surface area contributed by atoms with Crippen LogP contribution in [0, 0.1) is 12.8 Å². The maximum Gasteiger partial charge on any atom is 0.256 e. The summed E-state index contributed by atoms with van der Waals surface area (Å²) in [6.07, 6.45) is 5.96. The number of aryl methyl sites for hydroxylation is 1. The van der Waals surface area contributed by atoms with E-state index in [-0.39, 0.29) is 17.7 Å². The Morgan fingerprint density at radius 2 is 1.81 bits per heavy atom. The van der Waals surface area contributed by atoms with Gasteiger partial charge in [-0.25, -0.2) is 9.97 Å². The van der Waals surface area contributed by atoms with Gasteiger partial charge in [-0.05, 0) is 56.2 Å². The van der Waals surface area contributed by atoms with Crippen LogP contribution in [0.5, 0.6) is 5.75 Å². The first-order valence-corrected chi connectivity index (χ1v) is 10.8. The number of nitrogens with zero attached hydrogens (tertiary/aromatic N) is 3. The van der Waals surface area contributed by atoms with Gasteiger partial charge in [0.05, 0.1) is 24.8 Å². The van der Waals surface area contributed by atoms with Crippen LogP contribution < -0.4 is 10.1 Å². The van der Waals surface area contributed by atoms with Crippen molar-refractivity contribution in [2.45, 2.75) is 44.9 Å². The van der Waals surface area contributed by atoms with Crippen molar-refractivity contribution in [1.82, 2.24) is 20.2 Å². The quantitative estimate of drug-likeness (QED) is 0.738. The molecule has 1 fully saturated rings.